The molecule has 3 rings (SSSR count). The summed E-state index contributed by atoms with van der Waals surface area (Å²) in [5, 5.41) is 14.8. The van der Waals surface area contributed by atoms with Crippen molar-refractivity contribution in [2.75, 3.05) is 13.7 Å². The fourth-order valence-electron chi connectivity index (χ4n) is 2.78. The number of rotatable bonds is 3. The molecule has 1 aliphatic rings. The smallest absolute Gasteiger partial charge is 0.128 e. The zero-order chi connectivity index (χ0) is 12.5. The quantitative estimate of drug-likeness (QED) is 0.776. The van der Waals surface area contributed by atoms with Gasteiger partial charge in [-0.05, 0) is 31.5 Å². The lowest BCUT2D eigenvalue weighted by Crippen LogP contribution is -2.28. The van der Waals surface area contributed by atoms with Crippen LogP contribution >= 0.6 is 0 Å². The summed E-state index contributed by atoms with van der Waals surface area (Å²) in [5.41, 5.74) is 1.92. The Labute approximate surface area is 106 Å². The highest BCUT2D eigenvalue weighted by atomic mass is 16.5. The second kappa shape index (κ2) is 4.63. The third kappa shape index (κ3) is 1.78. The number of aromatic amines is 1. The summed E-state index contributed by atoms with van der Waals surface area (Å²) in [4.78, 5) is 3.20. The molecule has 1 fully saturated rings. The molecule has 3 N–H and O–H groups in total. The van der Waals surface area contributed by atoms with Gasteiger partial charge in [0.15, 0.2) is 0 Å². The van der Waals surface area contributed by atoms with Crippen LogP contribution < -0.4 is 10.1 Å². The molecule has 2 atom stereocenters. The molecule has 2 aromatic rings. The number of nitrogens with one attached hydrogen (secondary N) is 2. The summed E-state index contributed by atoms with van der Waals surface area (Å²) in [6.45, 7) is 0.987. The van der Waals surface area contributed by atoms with Crippen LogP contribution in [0, 0.1) is 0 Å². The lowest BCUT2D eigenvalue weighted by molar-refractivity contribution is 0.139. The number of aliphatic hydroxyl groups is 1. The Morgan fingerprint density at radius 3 is 3.06 bits per heavy atom. The fraction of sp³-hybridized carbons (Fsp3) is 0.429. The van der Waals surface area contributed by atoms with E-state index >= 15 is 0 Å². The maximum Gasteiger partial charge on any atom is 0.128 e. The van der Waals surface area contributed by atoms with Gasteiger partial charge in [-0.1, -0.05) is 6.07 Å². The van der Waals surface area contributed by atoms with Gasteiger partial charge in [0.05, 0.1) is 13.2 Å². The first-order valence-corrected chi connectivity index (χ1v) is 6.36. The van der Waals surface area contributed by atoms with Gasteiger partial charge in [0.2, 0.25) is 0 Å². The second-order valence-corrected chi connectivity index (χ2v) is 4.77. The van der Waals surface area contributed by atoms with Gasteiger partial charge < -0.3 is 20.1 Å². The second-order valence-electron chi connectivity index (χ2n) is 4.77. The topological polar surface area (TPSA) is 57.3 Å². The number of hydrogen-bond acceptors (Lipinski definition) is 3. The van der Waals surface area contributed by atoms with E-state index in [-0.39, 0.29) is 6.04 Å². The van der Waals surface area contributed by atoms with Gasteiger partial charge in [-0.15, -0.1) is 0 Å². The number of H-pyrrole nitrogens is 1. The third-order valence-electron chi connectivity index (χ3n) is 3.72. The van der Waals surface area contributed by atoms with E-state index in [0.29, 0.717) is 0 Å². The first-order chi connectivity index (χ1) is 8.81. The van der Waals surface area contributed by atoms with Crippen molar-refractivity contribution in [3.8, 4) is 5.75 Å². The van der Waals surface area contributed by atoms with E-state index in [9.17, 15) is 5.11 Å². The van der Waals surface area contributed by atoms with E-state index in [0.717, 1.165) is 41.6 Å². The number of aliphatic hydroxyl groups excluding tert-OH is 1. The average Bonchev–Trinajstić information content (AvgIpc) is 3.06. The Kier molecular flexibility index (Phi) is 2.97. The minimum atomic E-state index is -0.488. The number of ether oxygens (including phenoxy) is 1. The molecule has 1 aromatic carbocycles. The van der Waals surface area contributed by atoms with Gasteiger partial charge in [-0.25, -0.2) is 0 Å². The van der Waals surface area contributed by atoms with Crippen LogP contribution in [0.1, 0.15) is 24.5 Å². The van der Waals surface area contributed by atoms with Crippen LogP contribution in [0.2, 0.25) is 0 Å². The molecule has 1 aliphatic heterocycles. The van der Waals surface area contributed by atoms with Crippen molar-refractivity contribution in [2.24, 2.45) is 0 Å². The van der Waals surface area contributed by atoms with Crippen LogP contribution in [0.15, 0.2) is 24.4 Å². The minimum Gasteiger partial charge on any atom is -0.496 e. The molecule has 4 heteroatoms. The van der Waals surface area contributed by atoms with Crippen molar-refractivity contribution >= 4 is 10.9 Å². The molecule has 0 amide bonds. The predicted octanol–water partition coefficient (Wildman–Crippen LogP) is 1.96. The van der Waals surface area contributed by atoms with E-state index in [1.165, 1.54) is 0 Å². The Morgan fingerprint density at radius 2 is 2.33 bits per heavy atom. The molecule has 0 saturated carbocycles. The first-order valence-electron chi connectivity index (χ1n) is 6.36. The normalized spacial score (nSPS) is 21.3. The molecule has 18 heavy (non-hydrogen) atoms. The zero-order valence-electron chi connectivity index (χ0n) is 10.4. The molecule has 2 unspecified atom stereocenters. The van der Waals surface area contributed by atoms with Crippen LogP contribution in [0.25, 0.3) is 10.9 Å². The van der Waals surface area contributed by atoms with Gasteiger partial charge in [0.25, 0.3) is 0 Å². The summed E-state index contributed by atoms with van der Waals surface area (Å²) in [6.07, 6.45) is 3.54. The summed E-state index contributed by atoms with van der Waals surface area (Å²) in [6, 6.07) is 6.01. The number of fused-ring (bicyclic) bond motifs is 1. The number of methoxy groups -OCH3 is 1. The maximum atomic E-state index is 10.5. The van der Waals surface area contributed by atoms with Crippen LogP contribution in [-0.2, 0) is 0 Å². The molecule has 1 aromatic heterocycles. The molecule has 0 aliphatic carbocycles. The lowest BCUT2D eigenvalue weighted by atomic mass is 10.00. The Hall–Kier alpha value is -1.52. The minimum absolute atomic E-state index is 0.147. The van der Waals surface area contributed by atoms with Crippen LogP contribution in [-0.4, -0.2) is 29.8 Å². The van der Waals surface area contributed by atoms with E-state index < -0.39 is 6.10 Å². The van der Waals surface area contributed by atoms with Crippen molar-refractivity contribution in [2.45, 2.75) is 25.0 Å². The van der Waals surface area contributed by atoms with Gasteiger partial charge in [-0.3, -0.25) is 0 Å². The summed E-state index contributed by atoms with van der Waals surface area (Å²) >= 11 is 0. The average molecular weight is 246 g/mol. The van der Waals surface area contributed by atoms with Crippen molar-refractivity contribution in [3.05, 3.63) is 30.0 Å². The molecule has 4 nitrogen and oxygen atoms in total. The number of benzene rings is 1. The lowest BCUT2D eigenvalue weighted by Gasteiger charge is -2.18. The highest BCUT2D eigenvalue weighted by Gasteiger charge is 2.26. The SMILES string of the molecule is COc1cccc2[nH]cc(C(O)C3CCCN3)c12. The number of aromatic nitrogens is 1. The Morgan fingerprint density at radius 1 is 1.44 bits per heavy atom. The van der Waals surface area contributed by atoms with Crippen LogP contribution in [0.4, 0.5) is 0 Å². The van der Waals surface area contributed by atoms with Gasteiger partial charge in [0.1, 0.15) is 5.75 Å². The Bertz CT molecular complexity index is 544. The van der Waals surface area contributed by atoms with Crippen molar-refractivity contribution in [1.82, 2.24) is 10.3 Å². The van der Waals surface area contributed by atoms with Gasteiger partial charge in [-0.2, -0.15) is 0 Å². The van der Waals surface area contributed by atoms with Gasteiger partial charge >= 0.3 is 0 Å². The summed E-state index contributed by atoms with van der Waals surface area (Å²) in [7, 11) is 1.66. The maximum absolute atomic E-state index is 10.5. The zero-order valence-corrected chi connectivity index (χ0v) is 10.4. The molecule has 0 bridgehead atoms. The van der Waals surface area contributed by atoms with Gasteiger partial charge in [0, 0.05) is 28.7 Å². The monoisotopic (exact) mass is 246 g/mol. The molecule has 0 spiro atoms. The van der Waals surface area contributed by atoms with E-state index in [4.69, 9.17) is 4.74 Å². The highest BCUT2D eigenvalue weighted by Crippen LogP contribution is 2.34. The number of hydrogen-bond donors (Lipinski definition) is 3. The molecule has 0 radical (unpaired) electrons. The third-order valence-corrected chi connectivity index (χ3v) is 3.72. The van der Waals surface area contributed by atoms with E-state index in [1.807, 2.05) is 24.4 Å². The molecule has 96 valence electrons. The van der Waals surface area contributed by atoms with Crippen LogP contribution in [0.5, 0.6) is 5.75 Å². The predicted molar refractivity (Wildman–Crippen MR) is 70.8 cm³/mol. The largest absolute Gasteiger partial charge is 0.496 e. The van der Waals surface area contributed by atoms with Crippen molar-refractivity contribution < 1.29 is 9.84 Å². The van der Waals surface area contributed by atoms with Crippen LogP contribution in [0.3, 0.4) is 0 Å². The highest BCUT2D eigenvalue weighted by molar-refractivity contribution is 5.89. The molecular formula is C14H18N2O2. The summed E-state index contributed by atoms with van der Waals surface area (Å²) < 4.78 is 5.39. The standard InChI is InChI=1S/C14H18N2O2/c1-18-12-6-2-4-10-13(12)9(8-16-10)14(17)11-5-3-7-15-11/h2,4,6,8,11,14-17H,3,5,7H2,1H3. The molecule has 2 heterocycles. The van der Waals surface area contributed by atoms with E-state index in [2.05, 4.69) is 10.3 Å². The molecular weight excluding hydrogens is 228 g/mol. The van der Waals surface area contributed by atoms with Crippen molar-refractivity contribution in [1.29, 1.82) is 0 Å². The Balaban J connectivity index is 2.05. The fourth-order valence-corrected chi connectivity index (χ4v) is 2.78. The molecule has 1 saturated heterocycles. The van der Waals surface area contributed by atoms with Crippen molar-refractivity contribution in [3.63, 3.8) is 0 Å². The van der Waals surface area contributed by atoms with E-state index in [1.54, 1.807) is 7.11 Å². The first kappa shape index (κ1) is 11.6. The summed E-state index contributed by atoms with van der Waals surface area (Å²) in [5.74, 6) is 0.806.